The molecule has 2 rings (SSSR count). The van der Waals surface area contributed by atoms with Crippen molar-refractivity contribution in [2.24, 2.45) is 0 Å². The highest BCUT2D eigenvalue weighted by atomic mass is 19.4. The van der Waals surface area contributed by atoms with Crippen LogP contribution in [0, 0.1) is 0 Å². The van der Waals surface area contributed by atoms with Gasteiger partial charge < -0.3 is 4.52 Å². The third-order valence-corrected chi connectivity index (χ3v) is 3.03. The van der Waals surface area contributed by atoms with E-state index in [0.29, 0.717) is 5.89 Å². The predicted molar refractivity (Wildman–Crippen MR) is 65.0 cm³/mol. The summed E-state index contributed by atoms with van der Waals surface area (Å²) in [5, 5.41) is 7.48. The number of rotatable bonds is 3. The highest BCUT2D eigenvalue weighted by Crippen LogP contribution is 2.38. The van der Waals surface area contributed by atoms with Crippen molar-refractivity contribution in [2.75, 3.05) is 0 Å². The van der Waals surface area contributed by atoms with Crippen molar-refractivity contribution >= 4 is 0 Å². The topological polar surface area (TPSA) is 56.7 Å². The summed E-state index contributed by atoms with van der Waals surface area (Å²) in [7, 11) is 0. The average Bonchev–Trinajstić information content (AvgIpc) is 2.96. The number of hydrogen-bond acceptors (Lipinski definition) is 4. The Hall–Kier alpha value is -1.86. The molecule has 20 heavy (non-hydrogen) atoms. The highest BCUT2D eigenvalue weighted by Gasteiger charge is 2.50. The Morgan fingerprint density at radius 2 is 1.90 bits per heavy atom. The van der Waals surface area contributed by atoms with Crippen molar-refractivity contribution in [3.05, 3.63) is 18.2 Å². The maximum atomic E-state index is 13.1. The van der Waals surface area contributed by atoms with Gasteiger partial charge in [0.15, 0.2) is 5.54 Å². The largest absolute Gasteiger partial charge is 0.413 e. The molecule has 0 spiro atoms. The summed E-state index contributed by atoms with van der Waals surface area (Å²) in [6, 6.07) is 1.43. The lowest BCUT2D eigenvalue weighted by atomic mass is 10.1. The lowest BCUT2D eigenvalue weighted by molar-refractivity contribution is -0.205. The molecule has 0 saturated heterocycles. The van der Waals surface area contributed by atoms with Crippen molar-refractivity contribution in [3.63, 3.8) is 0 Å². The summed E-state index contributed by atoms with van der Waals surface area (Å²) >= 11 is 0. The van der Waals surface area contributed by atoms with E-state index < -0.39 is 11.7 Å². The fourth-order valence-electron chi connectivity index (χ4n) is 1.61. The van der Waals surface area contributed by atoms with Crippen LogP contribution in [0.15, 0.2) is 16.8 Å². The molecule has 0 unspecified atom stereocenters. The fourth-order valence-corrected chi connectivity index (χ4v) is 1.61. The van der Waals surface area contributed by atoms with E-state index in [9.17, 15) is 13.2 Å². The van der Waals surface area contributed by atoms with Gasteiger partial charge in [0.2, 0.25) is 11.7 Å². The van der Waals surface area contributed by atoms with Gasteiger partial charge in [-0.3, -0.25) is 0 Å². The van der Waals surface area contributed by atoms with Crippen LogP contribution in [0.4, 0.5) is 13.2 Å². The molecular formula is C12H15F3N4O. The highest BCUT2D eigenvalue weighted by molar-refractivity contribution is 5.48. The second-order valence-corrected chi connectivity index (χ2v) is 5.30. The van der Waals surface area contributed by atoms with Crippen LogP contribution in [-0.4, -0.2) is 26.1 Å². The minimum absolute atomic E-state index is 0.00301. The molecule has 110 valence electrons. The molecular weight excluding hydrogens is 273 g/mol. The molecule has 8 heteroatoms. The zero-order chi connectivity index (χ0) is 15.1. The van der Waals surface area contributed by atoms with Gasteiger partial charge in [-0.2, -0.15) is 23.3 Å². The molecule has 5 nitrogen and oxygen atoms in total. The molecule has 2 aromatic rings. The van der Waals surface area contributed by atoms with Gasteiger partial charge >= 0.3 is 6.18 Å². The van der Waals surface area contributed by atoms with Gasteiger partial charge in [-0.1, -0.05) is 19.0 Å². The number of aromatic nitrogens is 4. The first-order chi connectivity index (χ1) is 9.14. The molecule has 0 bridgehead atoms. The minimum atomic E-state index is -4.45. The first-order valence-corrected chi connectivity index (χ1v) is 6.10. The maximum Gasteiger partial charge on any atom is 0.413 e. The van der Waals surface area contributed by atoms with Crippen molar-refractivity contribution in [1.29, 1.82) is 0 Å². The third-order valence-electron chi connectivity index (χ3n) is 3.03. The number of alkyl halides is 3. The Bertz CT molecular complexity index is 598. The van der Waals surface area contributed by atoms with E-state index >= 15 is 0 Å². The lowest BCUT2D eigenvalue weighted by Gasteiger charge is -2.29. The zero-order valence-electron chi connectivity index (χ0n) is 11.6. The fraction of sp³-hybridized carbons (Fsp3) is 0.583. The van der Waals surface area contributed by atoms with E-state index in [2.05, 4.69) is 15.2 Å². The van der Waals surface area contributed by atoms with Gasteiger partial charge in [-0.15, -0.1) is 0 Å². The number of hydrogen-bond donors (Lipinski definition) is 0. The number of nitrogens with zero attached hydrogens (tertiary/aromatic N) is 4. The summed E-state index contributed by atoms with van der Waals surface area (Å²) in [6.07, 6.45) is -3.16. The Balaban J connectivity index is 2.48. The molecule has 0 radical (unpaired) electrons. The van der Waals surface area contributed by atoms with Crippen molar-refractivity contribution in [3.8, 4) is 11.5 Å². The van der Waals surface area contributed by atoms with Crippen LogP contribution in [0.3, 0.4) is 0 Å². The van der Waals surface area contributed by atoms with Gasteiger partial charge in [0.1, 0.15) is 5.69 Å². The Morgan fingerprint density at radius 3 is 2.40 bits per heavy atom. The van der Waals surface area contributed by atoms with Crippen LogP contribution in [0.25, 0.3) is 11.5 Å². The molecule has 0 aliphatic heterocycles. The van der Waals surface area contributed by atoms with Crippen molar-refractivity contribution in [1.82, 2.24) is 19.9 Å². The van der Waals surface area contributed by atoms with E-state index in [0.717, 1.165) is 18.5 Å². The van der Waals surface area contributed by atoms with Crippen molar-refractivity contribution < 1.29 is 17.7 Å². The summed E-state index contributed by atoms with van der Waals surface area (Å²) in [5.74, 6) is 0.476. The first kappa shape index (κ1) is 14.5. The Kier molecular flexibility index (Phi) is 3.35. The summed E-state index contributed by atoms with van der Waals surface area (Å²) in [5.41, 5.74) is -1.99. The third kappa shape index (κ3) is 2.30. The molecule has 0 aliphatic carbocycles. The van der Waals surface area contributed by atoms with E-state index in [1.54, 1.807) is 0 Å². The van der Waals surface area contributed by atoms with Crippen LogP contribution >= 0.6 is 0 Å². The zero-order valence-corrected chi connectivity index (χ0v) is 11.6. The van der Waals surface area contributed by atoms with E-state index in [-0.39, 0.29) is 17.4 Å². The van der Waals surface area contributed by atoms with Gasteiger partial charge in [0.05, 0.1) is 0 Å². The quantitative estimate of drug-likeness (QED) is 0.869. The van der Waals surface area contributed by atoms with Crippen LogP contribution < -0.4 is 0 Å². The summed E-state index contributed by atoms with van der Waals surface area (Å²) in [6.45, 7) is 5.81. The molecule has 0 atom stereocenters. The molecule has 0 aromatic carbocycles. The first-order valence-electron chi connectivity index (χ1n) is 6.10. The van der Waals surface area contributed by atoms with Gasteiger partial charge in [0, 0.05) is 12.1 Å². The lowest BCUT2D eigenvalue weighted by Crippen LogP contribution is -2.43. The summed E-state index contributed by atoms with van der Waals surface area (Å²) < 4.78 is 45.2. The monoisotopic (exact) mass is 288 g/mol. The molecule has 0 amide bonds. The smallest absolute Gasteiger partial charge is 0.339 e. The SMILES string of the molecule is CC(C)c1nc(-c2ccnn2C(C)(C)C(F)(F)F)no1. The van der Waals surface area contributed by atoms with Crippen LogP contribution in [0.2, 0.25) is 0 Å². The van der Waals surface area contributed by atoms with Crippen LogP contribution in [0.1, 0.15) is 39.5 Å². The molecule has 0 N–H and O–H groups in total. The van der Waals surface area contributed by atoms with Crippen molar-refractivity contribution in [2.45, 2.75) is 45.3 Å². The van der Waals surface area contributed by atoms with E-state index in [1.165, 1.54) is 12.3 Å². The molecule has 0 fully saturated rings. The van der Waals surface area contributed by atoms with Crippen LogP contribution in [-0.2, 0) is 5.54 Å². The van der Waals surface area contributed by atoms with E-state index in [1.807, 2.05) is 13.8 Å². The molecule has 2 aromatic heterocycles. The molecule has 0 saturated carbocycles. The number of halogens is 3. The second kappa shape index (κ2) is 4.60. The van der Waals surface area contributed by atoms with E-state index in [4.69, 9.17) is 4.52 Å². The molecule has 0 aliphatic rings. The minimum Gasteiger partial charge on any atom is -0.339 e. The predicted octanol–water partition coefficient (Wildman–Crippen LogP) is 3.35. The van der Waals surface area contributed by atoms with Crippen LogP contribution in [0.5, 0.6) is 0 Å². The summed E-state index contributed by atoms with van der Waals surface area (Å²) in [4.78, 5) is 4.10. The average molecular weight is 288 g/mol. The normalized spacial score (nSPS) is 13.2. The Labute approximate surface area is 113 Å². The Morgan fingerprint density at radius 1 is 1.25 bits per heavy atom. The van der Waals surface area contributed by atoms with Gasteiger partial charge in [-0.25, -0.2) is 4.68 Å². The maximum absolute atomic E-state index is 13.1. The van der Waals surface area contributed by atoms with Gasteiger partial charge in [-0.05, 0) is 19.9 Å². The molecule has 2 heterocycles. The second-order valence-electron chi connectivity index (χ2n) is 5.30. The van der Waals surface area contributed by atoms with Gasteiger partial charge in [0.25, 0.3) is 0 Å². The standard InChI is InChI=1S/C12H15F3N4O/c1-7(2)10-17-9(18-20-10)8-5-6-16-19(8)11(3,4)12(13,14)15/h5-7H,1-4H3.